The van der Waals surface area contributed by atoms with Gasteiger partial charge in [0.25, 0.3) is 5.56 Å². The first-order valence-electron chi connectivity index (χ1n) is 9.20. The molecule has 2 aromatic heterocycles. The van der Waals surface area contributed by atoms with E-state index in [1.54, 1.807) is 0 Å². The van der Waals surface area contributed by atoms with Crippen molar-refractivity contribution in [2.24, 2.45) is 0 Å². The van der Waals surface area contributed by atoms with Crippen molar-refractivity contribution < 1.29 is 9.90 Å². The fourth-order valence-corrected chi connectivity index (χ4v) is 4.16. The van der Waals surface area contributed by atoms with E-state index in [1.807, 2.05) is 13.0 Å². The lowest BCUT2D eigenvalue weighted by molar-refractivity contribution is 0.0695. The van der Waals surface area contributed by atoms with E-state index in [0.717, 1.165) is 29.5 Å². The van der Waals surface area contributed by atoms with Crippen molar-refractivity contribution in [2.75, 3.05) is 14.1 Å². The molecule has 3 aromatic rings. The number of carboxylic acid groups (broad SMARTS) is 1. The van der Waals surface area contributed by atoms with E-state index >= 15 is 0 Å². The Morgan fingerprint density at radius 2 is 2.04 bits per heavy atom. The molecular formula is C21H24ClN3O3. The summed E-state index contributed by atoms with van der Waals surface area (Å²) >= 11 is 0. The van der Waals surface area contributed by atoms with Crippen molar-refractivity contribution in [1.29, 1.82) is 0 Å². The Balaban J connectivity index is 0.00000225. The molecule has 1 aromatic carbocycles. The molecule has 3 heterocycles. The van der Waals surface area contributed by atoms with Crippen LogP contribution in [0.25, 0.3) is 22.2 Å². The number of aryl methyl sites for hydroxylation is 2. The molecule has 6 nitrogen and oxygen atoms in total. The summed E-state index contributed by atoms with van der Waals surface area (Å²) in [7, 11) is 4.21. The molecule has 1 atom stereocenters. The van der Waals surface area contributed by atoms with E-state index < -0.39 is 11.5 Å². The van der Waals surface area contributed by atoms with Gasteiger partial charge >= 0.3 is 5.97 Å². The van der Waals surface area contributed by atoms with Crippen molar-refractivity contribution in [1.82, 2.24) is 14.5 Å². The van der Waals surface area contributed by atoms with Gasteiger partial charge in [0, 0.05) is 23.1 Å². The van der Waals surface area contributed by atoms with E-state index in [9.17, 15) is 14.7 Å². The zero-order chi connectivity index (χ0) is 19.3. The first-order chi connectivity index (χ1) is 12.9. The third kappa shape index (κ3) is 3.12. The van der Waals surface area contributed by atoms with Crippen LogP contribution >= 0.6 is 12.4 Å². The van der Waals surface area contributed by atoms with Gasteiger partial charge in [-0.05, 0) is 62.3 Å². The topological polar surface area (TPSA) is 78.3 Å². The number of hydrogen-bond acceptors (Lipinski definition) is 3. The summed E-state index contributed by atoms with van der Waals surface area (Å²) in [6.07, 6.45) is 1.75. The molecular weight excluding hydrogens is 378 g/mol. The molecule has 0 spiro atoms. The van der Waals surface area contributed by atoms with Crippen LogP contribution in [0.15, 0.2) is 35.1 Å². The van der Waals surface area contributed by atoms with Crippen LogP contribution in [0, 0.1) is 0 Å². The number of nitrogens with one attached hydrogen (secondary N) is 1. The van der Waals surface area contributed by atoms with Crippen molar-refractivity contribution in [2.45, 2.75) is 32.4 Å². The van der Waals surface area contributed by atoms with Gasteiger partial charge in [-0.15, -0.1) is 12.4 Å². The number of pyridine rings is 1. The summed E-state index contributed by atoms with van der Waals surface area (Å²) < 4.78 is 2.36. The molecule has 0 saturated heterocycles. The number of H-pyrrole nitrogens is 1. The maximum absolute atomic E-state index is 12.2. The molecule has 7 heteroatoms. The molecule has 1 aliphatic heterocycles. The summed E-state index contributed by atoms with van der Waals surface area (Å²) in [6.45, 7) is 2.96. The number of nitrogens with zero attached hydrogens (tertiary/aromatic N) is 2. The van der Waals surface area contributed by atoms with Crippen molar-refractivity contribution in [3.63, 3.8) is 0 Å². The second-order valence-electron chi connectivity index (χ2n) is 7.33. The fraction of sp³-hybridized carbons (Fsp3) is 0.333. The largest absolute Gasteiger partial charge is 0.477 e. The predicted octanol–water partition coefficient (Wildman–Crippen LogP) is 3.69. The van der Waals surface area contributed by atoms with Crippen LogP contribution in [0.5, 0.6) is 0 Å². The Bertz CT molecular complexity index is 1110. The van der Waals surface area contributed by atoms with E-state index in [4.69, 9.17) is 0 Å². The molecule has 0 bridgehead atoms. The van der Waals surface area contributed by atoms with Gasteiger partial charge in [0.05, 0.1) is 11.7 Å². The highest BCUT2D eigenvalue weighted by atomic mass is 35.5. The minimum atomic E-state index is -1.20. The van der Waals surface area contributed by atoms with Gasteiger partial charge in [-0.2, -0.15) is 0 Å². The maximum atomic E-state index is 12.2. The Morgan fingerprint density at radius 3 is 2.68 bits per heavy atom. The molecule has 0 radical (unpaired) electrons. The number of rotatable bonds is 4. The summed E-state index contributed by atoms with van der Waals surface area (Å²) in [4.78, 5) is 28.5. The fourth-order valence-electron chi connectivity index (χ4n) is 4.16. The summed E-state index contributed by atoms with van der Waals surface area (Å²) in [5.74, 6) is -1.20. The van der Waals surface area contributed by atoms with Crippen LogP contribution in [0.1, 0.15) is 41.0 Å². The highest BCUT2D eigenvalue weighted by Gasteiger charge is 2.26. The van der Waals surface area contributed by atoms with Crippen LogP contribution in [-0.4, -0.2) is 39.6 Å². The number of aromatic nitrogens is 2. The smallest absolute Gasteiger partial charge is 0.341 e. The van der Waals surface area contributed by atoms with Gasteiger partial charge in [0.15, 0.2) is 0 Å². The van der Waals surface area contributed by atoms with E-state index in [2.05, 4.69) is 46.7 Å². The van der Waals surface area contributed by atoms with Gasteiger partial charge < -0.3 is 19.6 Å². The summed E-state index contributed by atoms with van der Waals surface area (Å²) in [5.41, 5.74) is 4.15. The molecule has 2 N–H and O–H groups in total. The number of carboxylic acids is 1. The molecule has 0 saturated carbocycles. The number of hydrogen-bond donors (Lipinski definition) is 2. The lowest BCUT2D eigenvalue weighted by atomic mass is 10.0. The molecule has 0 amide bonds. The minimum Gasteiger partial charge on any atom is -0.477 e. The second kappa shape index (κ2) is 7.45. The minimum absolute atomic E-state index is 0. The lowest BCUT2D eigenvalue weighted by Crippen LogP contribution is -2.19. The van der Waals surface area contributed by atoms with Crippen LogP contribution in [0.3, 0.4) is 0 Å². The van der Waals surface area contributed by atoms with Crippen molar-refractivity contribution >= 4 is 29.3 Å². The van der Waals surface area contributed by atoms with E-state index in [1.165, 1.54) is 17.3 Å². The van der Waals surface area contributed by atoms with Gasteiger partial charge in [-0.1, -0.05) is 13.0 Å². The van der Waals surface area contributed by atoms with Gasteiger partial charge in [0.1, 0.15) is 5.56 Å². The average molecular weight is 402 g/mol. The SMILES string of the molecule is CCc1cc(C(=O)O)c(=O)[nH]c1-c1ccc2c(c1)cc1n2CCC1N(C)C.Cl. The Morgan fingerprint density at radius 1 is 1.29 bits per heavy atom. The van der Waals surface area contributed by atoms with Crippen molar-refractivity contribution in [3.05, 3.63) is 57.5 Å². The number of fused-ring (bicyclic) bond motifs is 3. The first kappa shape index (κ1) is 20.2. The van der Waals surface area contributed by atoms with Crippen LogP contribution in [0.2, 0.25) is 0 Å². The zero-order valence-corrected chi connectivity index (χ0v) is 17.0. The van der Waals surface area contributed by atoms with Gasteiger partial charge in [-0.3, -0.25) is 4.79 Å². The molecule has 4 rings (SSSR count). The lowest BCUT2D eigenvalue weighted by Gasteiger charge is -2.17. The van der Waals surface area contributed by atoms with E-state index in [0.29, 0.717) is 18.2 Å². The molecule has 0 fully saturated rings. The number of aromatic carboxylic acids is 1. The van der Waals surface area contributed by atoms with Crippen LogP contribution < -0.4 is 5.56 Å². The average Bonchev–Trinajstić information content (AvgIpc) is 3.19. The number of carbonyl (C=O) groups is 1. The Hall–Kier alpha value is -2.57. The summed E-state index contributed by atoms with van der Waals surface area (Å²) in [5, 5.41) is 10.3. The van der Waals surface area contributed by atoms with Gasteiger partial charge in [-0.25, -0.2) is 4.79 Å². The van der Waals surface area contributed by atoms with Crippen LogP contribution in [0.4, 0.5) is 0 Å². The summed E-state index contributed by atoms with van der Waals surface area (Å²) in [6, 6.07) is 10.3. The third-order valence-corrected chi connectivity index (χ3v) is 5.55. The molecule has 1 unspecified atom stereocenters. The van der Waals surface area contributed by atoms with E-state index in [-0.39, 0.29) is 18.0 Å². The standard InChI is InChI=1S/C21H23N3O3.ClH/c1-4-12-10-15(21(26)27)20(25)22-19(12)13-5-6-16-14(9-13)11-18-17(23(2)3)7-8-24(16)18;/h5-6,9-11,17H,4,7-8H2,1-3H3,(H,22,25)(H,26,27);1H. The van der Waals surface area contributed by atoms with Crippen LogP contribution in [-0.2, 0) is 13.0 Å². The zero-order valence-electron chi connectivity index (χ0n) is 16.2. The molecule has 1 aliphatic rings. The normalized spacial score (nSPS) is 15.6. The predicted molar refractivity (Wildman–Crippen MR) is 113 cm³/mol. The van der Waals surface area contributed by atoms with Gasteiger partial charge in [0.2, 0.25) is 0 Å². The molecule has 0 aliphatic carbocycles. The molecule has 148 valence electrons. The van der Waals surface area contributed by atoms with Crippen molar-refractivity contribution in [3.8, 4) is 11.3 Å². The highest BCUT2D eigenvalue weighted by Crippen LogP contribution is 2.36. The highest BCUT2D eigenvalue weighted by molar-refractivity contribution is 5.89. The number of aromatic amines is 1. The Labute approximate surface area is 169 Å². The number of benzene rings is 1. The maximum Gasteiger partial charge on any atom is 0.341 e. The Kier molecular flexibility index (Phi) is 5.37. The third-order valence-electron chi connectivity index (χ3n) is 5.55. The monoisotopic (exact) mass is 401 g/mol. The number of halogens is 1. The quantitative estimate of drug-likeness (QED) is 0.698. The molecule has 28 heavy (non-hydrogen) atoms. The first-order valence-corrected chi connectivity index (χ1v) is 9.20. The second-order valence-corrected chi connectivity index (χ2v) is 7.33.